The van der Waals surface area contributed by atoms with E-state index in [1.807, 2.05) is 0 Å². The molecule has 0 amide bonds. The summed E-state index contributed by atoms with van der Waals surface area (Å²) < 4.78 is 0. The summed E-state index contributed by atoms with van der Waals surface area (Å²) >= 11 is 0. The molecule has 0 heterocycles. The van der Waals surface area contributed by atoms with Gasteiger partial charge in [0, 0.05) is 0 Å². The Morgan fingerprint density at radius 2 is 2.10 bits per heavy atom. The van der Waals surface area contributed by atoms with E-state index in [1.165, 1.54) is 32.1 Å². The van der Waals surface area contributed by atoms with Gasteiger partial charge in [-0.3, -0.25) is 0 Å². The van der Waals surface area contributed by atoms with E-state index in [9.17, 15) is 0 Å². The summed E-state index contributed by atoms with van der Waals surface area (Å²) in [4.78, 5) is 0. The first-order valence-corrected chi connectivity index (χ1v) is 4.24. The molecule has 0 heteroatoms. The van der Waals surface area contributed by atoms with Gasteiger partial charge < -0.3 is 0 Å². The Morgan fingerprint density at radius 3 is 2.90 bits per heavy atom. The third-order valence-electron chi connectivity index (χ3n) is 2.14. The normalized spacial score (nSPS) is 28.6. The second-order valence-corrected chi connectivity index (χ2v) is 3.66. The fourth-order valence-corrected chi connectivity index (χ4v) is 1.42. The summed E-state index contributed by atoms with van der Waals surface area (Å²) in [6, 6.07) is 0. The highest BCUT2D eigenvalue weighted by atomic mass is 14.2. The van der Waals surface area contributed by atoms with Crippen LogP contribution in [0.25, 0.3) is 0 Å². The number of allylic oxidation sites excluding steroid dienone is 2. The average Bonchev–Trinajstić information content (AvgIpc) is 1.81. The van der Waals surface area contributed by atoms with Crippen molar-refractivity contribution in [2.75, 3.05) is 0 Å². The second kappa shape index (κ2) is 3.23. The van der Waals surface area contributed by atoms with E-state index in [2.05, 4.69) is 26.0 Å². The number of rotatable bonds is 0. The molecule has 1 rings (SSSR count). The van der Waals surface area contributed by atoms with Crippen molar-refractivity contribution in [3.63, 3.8) is 0 Å². The minimum Gasteiger partial charge on any atom is -0.0880 e. The molecule has 0 aliphatic heterocycles. The first kappa shape index (κ1) is 7.84. The summed E-state index contributed by atoms with van der Waals surface area (Å²) in [7, 11) is 0. The van der Waals surface area contributed by atoms with Gasteiger partial charge in [-0.05, 0) is 31.6 Å². The van der Waals surface area contributed by atoms with Crippen molar-refractivity contribution in [1.29, 1.82) is 0 Å². The molecule has 0 fully saturated rings. The molecule has 1 unspecified atom stereocenters. The van der Waals surface area contributed by atoms with Crippen LogP contribution >= 0.6 is 0 Å². The Kier molecular flexibility index (Phi) is 2.53. The zero-order chi connectivity index (χ0) is 7.45. The summed E-state index contributed by atoms with van der Waals surface area (Å²) in [5, 5.41) is 0. The predicted molar refractivity (Wildman–Crippen MR) is 45.7 cm³/mol. The zero-order valence-electron chi connectivity index (χ0n) is 6.90. The van der Waals surface area contributed by atoms with Gasteiger partial charge >= 0.3 is 0 Å². The van der Waals surface area contributed by atoms with Crippen molar-refractivity contribution in [1.82, 2.24) is 0 Å². The molecule has 10 heavy (non-hydrogen) atoms. The SMILES string of the molecule is [CH2]C1(C)/C=C\CCCCC1. The van der Waals surface area contributed by atoms with Gasteiger partial charge in [0.05, 0.1) is 0 Å². The number of hydrogen-bond donors (Lipinski definition) is 0. The lowest BCUT2D eigenvalue weighted by Crippen LogP contribution is -2.08. The molecule has 0 aromatic carbocycles. The summed E-state index contributed by atoms with van der Waals surface area (Å²) in [5.74, 6) is 0. The largest absolute Gasteiger partial charge is 0.0880 e. The van der Waals surface area contributed by atoms with Crippen LogP contribution in [0.1, 0.15) is 39.0 Å². The molecule has 0 bridgehead atoms. The lowest BCUT2D eigenvalue weighted by atomic mass is 9.84. The van der Waals surface area contributed by atoms with Crippen molar-refractivity contribution in [2.24, 2.45) is 5.41 Å². The molecule has 1 radical (unpaired) electrons. The highest BCUT2D eigenvalue weighted by Gasteiger charge is 2.13. The number of hydrogen-bond acceptors (Lipinski definition) is 0. The van der Waals surface area contributed by atoms with Crippen LogP contribution in [0.4, 0.5) is 0 Å². The fourth-order valence-electron chi connectivity index (χ4n) is 1.42. The van der Waals surface area contributed by atoms with Crippen LogP contribution in [-0.4, -0.2) is 0 Å². The Labute approximate surface area is 64.3 Å². The quantitative estimate of drug-likeness (QED) is 0.449. The Bertz CT molecular complexity index is 120. The standard InChI is InChI=1S/C10H17/c1-10(2)8-6-4-3-5-7-9-10/h6,8H,1,3-5,7,9H2,2H3/b8-6-. The van der Waals surface area contributed by atoms with Gasteiger partial charge in [-0.15, -0.1) is 0 Å². The molecule has 0 saturated carbocycles. The first-order chi connectivity index (χ1) is 4.71. The van der Waals surface area contributed by atoms with Gasteiger partial charge in [-0.1, -0.05) is 31.9 Å². The second-order valence-electron chi connectivity index (χ2n) is 3.66. The van der Waals surface area contributed by atoms with Gasteiger partial charge in [0.2, 0.25) is 0 Å². The van der Waals surface area contributed by atoms with Crippen LogP contribution in [0.3, 0.4) is 0 Å². The van der Waals surface area contributed by atoms with Crippen LogP contribution in [0, 0.1) is 12.3 Å². The van der Waals surface area contributed by atoms with Crippen molar-refractivity contribution in [2.45, 2.75) is 39.0 Å². The monoisotopic (exact) mass is 137 g/mol. The molecule has 57 valence electrons. The molecule has 0 saturated heterocycles. The van der Waals surface area contributed by atoms with Gasteiger partial charge in [0.15, 0.2) is 0 Å². The third-order valence-corrected chi connectivity index (χ3v) is 2.14. The molecule has 0 spiro atoms. The molecule has 0 nitrogen and oxygen atoms in total. The van der Waals surface area contributed by atoms with Crippen molar-refractivity contribution in [3.05, 3.63) is 19.1 Å². The topological polar surface area (TPSA) is 0 Å². The highest BCUT2D eigenvalue weighted by molar-refractivity contribution is 4.99. The minimum absolute atomic E-state index is 0.223. The Morgan fingerprint density at radius 1 is 1.30 bits per heavy atom. The first-order valence-electron chi connectivity index (χ1n) is 4.24. The molecule has 0 aromatic heterocycles. The predicted octanol–water partition coefficient (Wildman–Crippen LogP) is 3.35. The summed E-state index contributed by atoms with van der Waals surface area (Å²) in [6.45, 7) is 6.36. The lowest BCUT2D eigenvalue weighted by Gasteiger charge is -2.21. The lowest BCUT2D eigenvalue weighted by molar-refractivity contribution is 0.447. The van der Waals surface area contributed by atoms with Gasteiger partial charge in [0.25, 0.3) is 0 Å². The van der Waals surface area contributed by atoms with Crippen molar-refractivity contribution < 1.29 is 0 Å². The molecule has 1 aliphatic rings. The van der Waals surface area contributed by atoms with E-state index in [0.29, 0.717) is 0 Å². The summed E-state index contributed by atoms with van der Waals surface area (Å²) in [6.07, 6.45) is 11.2. The van der Waals surface area contributed by atoms with E-state index in [0.717, 1.165) is 0 Å². The van der Waals surface area contributed by atoms with E-state index >= 15 is 0 Å². The Hall–Kier alpha value is -0.260. The third kappa shape index (κ3) is 2.55. The van der Waals surface area contributed by atoms with Gasteiger partial charge in [-0.2, -0.15) is 0 Å². The molecular formula is C10H17. The fraction of sp³-hybridized carbons (Fsp3) is 0.700. The van der Waals surface area contributed by atoms with Gasteiger partial charge in [-0.25, -0.2) is 0 Å². The van der Waals surface area contributed by atoms with E-state index < -0.39 is 0 Å². The van der Waals surface area contributed by atoms with Crippen LogP contribution in [0.2, 0.25) is 0 Å². The smallest absolute Gasteiger partial charge is 0.0146 e. The molecule has 1 aliphatic carbocycles. The van der Waals surface area contributed by atoms with E-state index in [-0.39, 0.29) is 5.41 Å². The highest BCUT2D eigenvalue weighted by Crippen LogP contribution is 2.27. The average molecular weight is 137 g/mol. The molecular weight excluding hydrogens is 120 g/mol. The van der Waals surface area contributed by atoms with Crippen LogP contribution in [0.5, 0.6) is 0 Å². The van der Waals surface area contributed by atoms with Crippen LogP contribution in [0.15, 0.2) is 12.2 Å². The summed E-state index contributed by atoms with van der Waals surface area (Å²) in [5.41, 5.74) is 0.223. The molecule has 1 atom stereocenters. The van der Waals surface area contributed by atoms with Crippen molar-refractivity contribution in [3.8, 4) is 0 Å². The molecule has 0 N–H and O–H groups in total. The zero-order valence-corrected chi connectivity index (χ0v) is 6.90. The maximum absolute atomic E-state index is 4.14. The minimum atomic E-state index is 0.223. The van der Waals surface area contributed by atoms with Crippen LogP contribution < -0.4 is 0 Å². The van der Waals surface area contributed by atoms with E-state index in [1.54, 1.807) is 0 Å². The van der Waals surface area contributed by atoms with E-state index in [4.69, 9.17) is 0 Å². The Balaban J connectivity index is 2.49. The van der Waals surface area contributed by atoms with Gasteiger partial charge in [0.1, 0.15) is 0 Å². The maximum atomic E-state index is 4.14. The maximum Gasteiger partial charge on any atom is -0.0146 e. The molecule has 0 aromatic rings. The van der Waals surface area contributed by atoms with Crippen molar-refractivity contribution >= 4 is 0 Å². The van der Waals surface area contributed by atoms with Crippen LogP contribution in [-0.2, 0) is 0 Å².